The molecule has 2 N–H and O–H groups in total. The molecule has 0 unspecified atom stereocenters. The zero-order chi connectivity index (χ0) is 14.5. The van der Waals surface area contributed by atoms with Crippen molar-refractivity contribution in [2.45, 2.75) is 11.4 Å². The van der Waals surface area contributed by atoms with E-state index in [4.69, 9.17) is 0 Å². The van der Waals surface area contributed by atoms with Gasteiger partial charge in [-0.05, 0) is 17.7 Å². The van der Waals surface area contributed by atoms with Crippen LogP contribution in [0.5, 0.6) is 0 Å². The van der Waals surface area contributed by atoms with E-state index >= 15 is 0 Å². The van der Waals surface area contributed by atoms with E-state index in [1.807, 2.05) is 0 Å². The zero-order valence-corrected chi connectivity index (χ0v) is 15.2. The largest absolute Gasteiger partial charge is 0.359 e. The predicted octanol–water partition coefficient (Wildman–Crippen LogP) is 0.850. The van der Waals surface area contributed by atoms with Gasteiger partial charge in [-0.1, -0.05) is 12.1 Å². The molecule has 8 heteroatoms. The summed E-state index contributed by atoms with van der Waals surface area (Å²) in [5.41, 5.74) is 0.981. The molecule has 0 aromatic heterocycles. The molecule has 6 nitrogen and oxygen atoms in total. The predicted molar refractivity (Wildman–Crippen MR) is 92.0 cm³/mol. The lowest BCUT2D eigenvalue weighted by atomic mass is 10.2. The second-order valence-electron chi connectivity index (χ2n) is 4.11. The van der Waals surface area contributed by atoms with Crippen molar-refractivity contribution in [1.82, 2.24) is 14.9 Å². The summed E-state index contributed by atoms with van der Waals surface area (Å²) in [7, 11) is 3.14. The van der Waals surface area contributed by atoms with Gasteiger partial charge in [0.25, 0.3) is 0 Å². The summed E-state index contributed by atoms with van der Waals surface area (Å²) in [6, 6.07) is 6.78. The van der Waals surface area contributed by atoms with Crippen LogP contribution in [0.3, 0.4) is 0 Å². The molecule has 1 rings (SSSR count). The Hall–Kier alpha value is -0.870. The number of halogens is 1. The first kappa shape index (κ1) is 19.1. The maximum atomic E-state index is 11.9. The lowest BCUT2D eigenvalue weighted by Crippen LogP contribution is -2.34. The van der Waals surface area contributed by atoms with Crippen LogP contribution in [0.15, 0.2) is 34.2 Å². The van der Waals surface area contributed by atoms with Gasteiger partial charge in [-0.15, -0.1) is 24.0 Å². The van der Waals surface area contributed by atoms with Crippen molar-refractivity contribution < 1.29 is 8.42 Å². The molecule has 0 aliphatic carbocycles. The van der Waals surface area contributed by atoms with Crippen molar-refractivity contribution in [3.05, 3.63) is 29.8 Å². The Morgan fingerprint density at radius 1 is 1.25 bits per heavy atom. The van der Waals surface area contributed by atoms with Crippen molar-refractivity contribution in [3.8, 4) is 0 Å². The van der Waals surface area contributed by atoms with E-state index < -0.39 is 10.0 Å². The van der Waals surface area contributed by atoms with Gasteiger partial charge in [0.1, 0.15) is 0 Å². The van der Waals surface area contributed by atoms with Gasteiger partial charge < -0.3 is 10.6 Å². The van der Waals surface area contributed by atoms with Crippen LogP contribution >= 0.6 is 24.0 Å². The van der Waals surface area contributed by atoms with E-state index in [1.54, 1.807) is 38.4 Å². The standard InChI is InChI=1S/C12H20N4O2S.HI/c1-13-12(14-2)15-9-10-5-7-11(8-6-10)19(17,18)16(3)4;/h5-8H,9H2,1-4H3,(H2,13,14,15);1H. The van der Waals surface area contributed by atoms with E-state index in [-0.39, 0.29) is 24.0 Å². The Balaban J connectivity index is 0.00000361. The summed E-state index contributed by atoms with van der Waals surface area (Å²) in [6.07, 6.45) is 0. The number of benzene rings is 1. The fourth-order valence-electron chi connectivity index (χ4n) is 1.46. The minimum atomic E-state index is -3.36. The fourth-order valence-corrected chi connectivity index (χ4v) is 2.36. The lowest BCUT2D eigenvalue weighted by molar-refractivity contribution is 0.520. The van der Waals surface area contributed by atoms with E-state index in [1.165, 1.54) is 18.4 Å². The minimum absolute atomic E-state index is 0. The fraction of sp³-hybridized carbons (Fsp3) is 0.417. The Kier molecular flexibility index (Phi) is 8.06. The Bertz CT molecular complexity index is 541. The molecule has 0 saturated heterocycles. The summed E-state index contributed by atoms with van der Waals surface area (Å²) in [4.78, 5) is 4.28. The average molecular weight is 412 g/mol. The van der Waals surface area contributed by atoms with Crippen LogP contribution in [-0.4, -0.2) is 46.9 Å². The summed E-state index contributed by atoms with van der Waals surface area (Å²) >= 11 is 0. The number of rotatable bonds is 4. The zero-order valence-electron chi connectivity index (χ0n) is 12.0. The molecule has 0 bridgehead atoms. The van der Waals surface area contributed by atoms with Crippen LogP contribution in [0.1, 0.15) is 5.56 Å². The Morgan fingerprint density at radius 3 is 2.20 bits per heavy atom. The smallest absolute Gasteiger partial charge is 0.242 e. The van der Waals surface area contributed by atoms with Gasteiger partial charge in [0.15, 0.2) is 5.96 Å². The second-order valence-corrected chi connectivity index (χ2v) is 6.26. The van der Waals surface area contributed by atoms with Gasteiger partial charge in [0.05, 0.1) is 4.90 Å². The van der Waals surface area contributed by atoms with Crippen LogP contribution in [0.2, 0.25) is 0 Å². The molecule has 1 aromatic carbocycles. The van der Waals surface area contributed by atoms with Crippen LogP contribution < -0.4 is 10.6 Å². The molecule has 0 radical (unpaired) electrons. The normalized spacial score (nSPS) is 11.9. The second kappa shape index (κ2) is 8.42. The van der Waals surface area contributed by atoms with E-state index in [9.17, 15) is 8.42 Å². The third kappa shape index (κ3) is 4.91. The third-order valence-corrected chi connectivity index (χ3v) is 4.45. The molecule has 0 heterocycles. The van der Waals surface area contributed by atoms with Gasteiger partial charge in [0, 0.05) is 34.7 Å². The van der Waals surface area contributed by atoms with Gasteiger partial charge in [0.2, 0.25) is 10.0 Å². The summed E-state index contributed by atoms with van der Waals surface area (Å²) in [6.45, 7) is 0.579. The number of hydrogen-bond donors (Lipinski definition) is 2. The van der Waals surface area contributed by atoms with Gasteiger partial charge in [-0.2, -0.15) is 0 Å². The highest BCUT2D eigenvalue weighted by atomic mass is 127. The van der Waals surface area contributed by atoms with Crippen LogP contribution in [0, 0.1) is 0 Å². The van der Waals surface area contributed by atoms with Crippen LogP contribution in [-0.2, 0) is 16.6 Å². The van der Waals surface area contributed by atoms with Crippen molar-refractivity contribution in [1.29, 1.82) is 0 Å². The third-order valence-electron chi connectivity index (χ3n) is 2.62. The van der Waals surface area contributed by atoms with Crippen molar-refractivity contribution in [2.24, 2.45) is 4.99 Å². The molecule has 114 valence electrons. The van der Waals surface area contributed by atoms with E-state index in [0.717, 1.165) is 5.56 Å². The van der Waals surface area contributed by atoms with Crippen molar-refractivity contribution in [3.63, 3.8) is 0 Å². The summed E-state index contributed by atoms with van der Waals surface area (Å²) in [5, 5.41) is 6.00. The molecule has 0 saturated carbocycles. The number of nitrogens with one attached hydrogen (secondary N) is 2. The quantitative estimate of drug-likeness (QED) is 0.437. The van der Waals surface area contributed by atoms with Crippen LogP contribution in [0.4, 0.5) is 0 Å². The minimum Gasteiger partial charge on any atom is -0.359 e. The molecule has 0 amide bonds. The van der Waals surface area contributed by atoms with E-state index in [2.05, 4.69) is 15.6 Å². The van der Waals surface area contributed by atoms with Crippen molar-refractivity contribution >= 4 is 40.0 Å². The first-order valence-electron chi connectivity index (χ1n) is 5.81. The molecule has 1 aromatic rings. The highest BCUT2D eigenvalue weighted by Crippen LogP contribution is 2.13. The first-order chi connectivity index (χ1) is 8.91. The molecular weight excluding hydrogens is 391 g/mol. The highest BCUT2D eigenvalue weighted by Gasteiger charge is 2.16. The average Bonchev–Trinajstić information content (AvgIpc) is 2.40. The number of nitrogens with zero attached hydrogens (tertiary/aromatic N) is 2. The Labute approximate surface area is 137 Å². The summed E-state index contributed by atoms with van der Waals surface area (Å²) < 4.78 is 25.0. The molecule has 0 atom stereocenters. The number of sulfonamides is 1. The number of hydrogen-bond acceptors (Lipinski definition) is 3. The molecule has 0 aliphatic rings. The lowest BCUT2D eigenvalue weighted by Gasteiger charge is -2.12. The summed E-state index contributed by atoms with van der Waals surface area (Å²) in [5.74, 6) is 0.685. The van der Waals surface area contributed by atoms with Gasteiger partial charge >= 0.3 is 0 Å². The molecule has 0 fully saturated rings. The monoisotopic (exact) mass is 412 g/mol. The van der Waals surface area contributed by atoms with Crippen molar-refractivity contribution in [2.75, 3.05) is 28.2 Å². The molecule has 0 aliphatic heterocycles. The maximum Gasteiger partial charge on any atom is 0.242 e. The molecular formula is C12H21IN4O2S. The topological polar surface area (TPSA) is 73.8 Å². The Morgan fingerprint density at radius 2 is 1.80 bits per heavy atom. The SMILES string of the molecule is CN=C(NC)NCc1ccc(S(=O)(=O)N(C)C)cc1.I. The molecule has 20 heavy (non-hydrogen) atoms. The van der Waals surface area contributed by atoms with Crippen LogP contribution in [0.25, 0.3) is 0 Å². The number of aliphatic imine (C=N–C) groups is 1. The highest BCUT2D eigenvalue weighted by molar-refractivity contribution is 14.0. The first-order valence-corrected chi connectivity index (χ1v) is 7.25. The molecule has 0 spiro atoms. The van der Waals surface area contributed by atoms with Gasteiger partial charge in [-0.25, -0.2) is 12.7 Å². The van der Waals surface area contributed by atoms with E-state index in [0.29, 0.717) is 17.4 Å². The van der Waals surface area contributed by atoms with Gasteiger partial charge in [-0.3, -0.25) is 4.99 Å². The number of guanidine groups is 1. The maximum absolute atomic E-state index is 11.9.